The van der Waals surface area contributed by atoms with Crippen molar-refractivity contribution in [1.82, 2.24) is 9.97 Å². The molecule has 286 valence electrons. The summed E-state index contributed by atoms with van der Waals surface area (Å²) in [6.45, 7) is 4.64. The minimum atomic E-state index is -0.204. The quantitative estimate of drug-likeness (QED) is 0.168. The molecule has 0 atom stereocenters. The Morgan fingerprint density at radius 1 is 0.367 bits per heavy atom. The van der Waals surface area contributed by atoms with E-state index in [0.29, 0.717) is 5.82 Å². The minimum Gasteiger partial charge on any atom is -0.453 e. The number of para-hydroxylation sites is 6. The molecule has 2 aliphatic rings. The van der Waals surface area contributed by atoms with Crippen LogP contribution in [0.3, 0.4) is 0 Å². The maximum Gasteiger partial charge on any atom is 0.160 e. The minimum absolute atomic E-state index is 0.204. The molecule has 0 aliphatic carbocycles. The predicted molar refractivity (Wildman–Crippen MR) is 245 cm³/mol. The van der Waals surface area contributed by atoms with Crippen LogP contribution in [-0.2, 0) is 5.41 Å². The number of ether oxygens (including phenoxy) is 1. The number of rotatable bonds is 6. The van der Waals surface area contributed by atoms with Gasteiger partial charge in [0.15, 0.2) is 17.3 Å². The second-order valence-corrected chi connectivity index (χ2v) is 15.9. The maximum absolute atomic E-state index is 6.50. The predicted octanol–water partition coefficient (Wildman–Crippen LogP) is 14.8. The van der Waals surface area contributed by atoms with Crippen molar-refractivity contribution in [2.75, 3.05) is 9.80 Å². The second-order valence-electron chi connectivity index (χ2n) is 15.9. The Morgan fingerprint density at radius 3 is 1.32 bits per heavy atom. The SMILES string of the molecule is CC1(C)c2ccccc2N(c2cc(-c3nc(-c4ccccc4)cc(-c4ccc(-c5ccccc5)cc4)n3)cc(N3c4ccccc4Oc4ccccc43)c2)c2ccccc21. The molecule has 0 bridgehead atoms. The molecule has 0 unspecified atom stereocenters. The van der Waals surface area contributed by atoms with Crippen molar-refractivity contribution in [3.63, 3.8) is 0 Å². The van der Waals surface area contributed by atoms with Gasteiger partial charge < -0.3 is 14.5 Å². The summed E-state index contributed by atoms with van der Waals surface area (Å²) in [5.41, 5.74) is 15.5. The van der Waals surface area contributed by atoms with E-state index in [1.165, 1.54) is 16.7 Å². The van der Waals surface area contributed by atoms with E-state index in [4.69, 9.17) is 14.7 Å². The lowest BCUT2D eigenvalue weighted by Crippen LogP contribution is -2.30. The van der Waals surface area contributed by atoms with Crippen molar-refractivity contribution < 1.29 is 4.74 Å². The highest BCUT2D eigenvalue weighted by molar-refractivity contribution is 5.93. The molecule has 60 heavy (non-hydrogen) atoms. The van der Waals surface area contributed by atoms with E-state index >= 15 is 0 Å². The number of nitrogens with zero attached hydrogens (tertiary/aromatic N) is 4. The third-order valence-electron chi connectivity index (χ3n) is 11.8. The molecule has 0 amide bonds. The van der Waals surface area contributed by atoms with Crippen molar-refractivity contribution in [3.8, 4) is 56.5 Å². The summed E-state index contributed by atoms with van der Waals surface area (Å²) in [5.74, 6) is 2.22. The first-order valence-corrected chi connectivity index (χ1v) is 20.4. The lowest BCUT2D eigenvalue weighted by molar-refractivity contribution is 0.477. The van der Waals surface area contributed by atoms with Gasteiger partial charge in [-0.3, -0.25) is 0 Å². The van der Waals surface area contributed by atoms with Crippen LogP contribution < -0.4 is 14.5 Å². The van der Waals surface area contributed by atoms with E-state index in [1.54, 1.807) is 0 Å². The van der Waals surface area contributed by atoms with Crippen molar-refractivity contribution in [1.29, 1.82) is 0 Å². The standard InChI is InChI=1S/C55H40N4O/c1-55(2)44-21-9-11-23-48(44)58(49-24-12-10-22-45(49)55)42-33-41(34-43(35-42)59-50-25-13-15-27-52(50)60-53-28-16-14-26-51(53)59)54-56-46(39-19-7-4-8-20-39)36-47(57-54)40-31-29-38(30-32-40)37-17-5-3-6-18-37/h3-36H,1-2H3. The fourth-order valence-electron chi connectivity index (χ4n) is 8.86. The van der Waals surface area contributed by atoms with Crippen LogP contribution in [0.25, 0.3) is 45.0 Å². The van der Waals surface area contributed by atoms with E-state index < -0.39 is 0 Å². The molecule has 3 heterocycles. The zero-order valence-electron chi connectivity index (χ0n) is 33.3. The number of anilines is 6. The molecule has 5 nitrogen and oxygen atoms in total. The van der Waals surface area contributed by atoms with Gasteiger partial charge in [-0.15, -0.1) is 0 Å². The van der Waals surface area contributed by atoms with Gasteiger partial charge in [-0.2, -0.15) is 0 Å². The summed E-state index contributed by atoms with van der Waals surface area (Å²) < 4.78 is 6.50. The van der Waals surface area contributed by atoms with Crippen LogP contribution >= 0.6 is 0 Å². The van der Waals surface area contributed by atoms with Crippen LogP contribution in [0.2, 0.25) is 0 Å². The monoisotopic (exact) mass is 772 g/mol. The number of aromatic nitrogens is 2. The Balaban J connectivity index is 1.16. The van der Waals surface area contributed by atoms with Crippen LogP contribution in [0, 0.1) is 0 Å². The molecule has 0 N–H and O–H groups in total. The van der Waals surface area contributed by atoms with Crippen molar-refractivity contribution in [2.45, 2.75) is 19.3 Å². The van der Waals surface area contributed by atoms with E-state index in [9.17, 15) is 0 Å². The summed E-state index contributed by atoms with van der Waals surface area (Å²) in [4.78, 5) is 15.5. The van der Waals surface area contributed by atoms with E-state index in [2.05, 4.69) is 194 Å². The van der Waals surface area contributed by atoms with E-state index in [-0.39, 0.29) is 5.41 Å². The molecule has 0 fully saturated rings. The summed E-state index contributed by atoms with van der Waals surface area (Å²) in [6, 6.07) is 72.4. The molecule has 9 aromatic rings. The molecule has 0 radical (unpaired) electrons. The van der Waals surface area contributed by atoms with Gasteiger partial charge in [-0.05, 0) is 82.9 Å². The fraction of sp³-hybridized carbons (Fsp3) is 0.0545. The summed E-state index contributed by atoms with van der Waals surface area (Å²) in [6.07, 6.45) is 0. The topological polar surface area (TPSA) is 41.5 Å². The molecule has 5 heteroatoms. The van der Waals surface area contributed by atoms with Crippen LogP contribution in [0.15, 0.2) is 206 Å². The van der Waals surface area contributed by atoms with Crippen LogP contribution in [0.1, 0.15) is 25.0 Å². The van der Waals surface area contributed by atoms with Crippen LogP contribution in [-0.4, -0.2) is 9.97 Å². The van der Waals surface area contributed by atoms with Gasteiger partial charge >= 0.3 is 0 Å². The van der Waals surface area contributed by atoms with E-state index in [1.807, 2.05) is 36.4 Å². The Morgan fingerprint density at radius 2 is 0.767 bits per heavy atom. The third kappa shape index (κ3) is 6.02. The van der Waals surface area contributed by atoms with Gasteiger partial charge in [0.05, 0.1) is 34.1 Å². The first-order chi connectivity index (χ1) is 29.5. The highest BCUT2D eigenvalue weighted by Crippen LogP contribution is 2.55. The largest absolute Gasteiger partial charge is 0.453 e. The molecule has 1 aromatic heterocycles. The van der Waals surface area contributed by atoms with Gasteiger partial charge in [0.25, 0.3) is 0 Å². The summed E-state index contributed by atoms with van der Waals surface area (Å²) in [5, 5.41) is 0. The normalized spacial score (nSPS) is 13.4. The molecule has 0 saturated heterocycles. The molecule has 11 rings (SSSR count). The van der Waals surface area contributed by atoms with Gasteiger partial charge in [0.1, 0.15) is 0 Å². The molecular formula is C55H40N4O. The van der Waals surface area contributed by atoms with Crippen molar-refractivity contribution in [3.05, 3.63) is 217 Å². The molecule has 8 aromatic carbocycles. The van der Waals surface area contributed by atoms with Crippen LogP contribution in [0.4, 0.5) is 34.1 Å². The maximum atomic E-state index is 6.50. The second kappa shape index (κ2) is 14.3. The zero-order chi connectivity index (χ0) is 40.2. The average molecular weight is 773 g/mol. The van der Waals surface area contributed by atoms with Crippen molar-refractivity contribution in [2.24, 2.45) is 0 Å². The van der Waals surface area contributed by atoms with Gasteiger partial charge in [0.2, 0.25) is 0 Å². The Kier molecular flexibility index (Phi) is 8.41. The van der Waals surface area contributed by atoms with Gasteiger partial charge in [-0.25, -0.2) is 9.97 Å². The Labute approximate surface area is 350 Å². The molecule has 0 saturated carbocycles. The Bertz CT molecular complexity index is 2960. The van der Waals surface area contributed by atoms with Crippen molar-refractivity contribution >= 4 is 34.1 Å². The lowest BCUT2D eigenvalue weighted by atomic mass is 9.73. The smallest absolute Gasteiger partial charge is 0.160 e. The molecular weight excluding hydrogens is 733 g/mol. The van der Waals surface area contributed by atoms with E-state index in [0.717, 1.165) is 79.3 Å². The first kappa shape index (κ1) is 35.4. The number of fused-ring (bicyclic) bond motifs is 4. The molecule has 2 aliphatic heterocycles. The average Bonchev–Trinajstić information content (AvgIpc) is 3.31. The highest BCUT2D eigenvalue weighted by atomic mass is 16.5. The lowest BCUT2D eigenvalue weighted by Gasteiger charge is -2.42. The highest BCUT2D eigenvalue weighted by Gasteiger charge is 2.37. The third-order valence-corrected chi connectivity index (χ3v) is 11.8. The Hall–Kier alpha value is -7.76. The number of hydrogen-bond donors (Lipinski definition) is 0. The van der Waals surface area contributed by atoms with Gasteiger partial charge in [0, 0.05) is 33.5 Å². The fourth-order valence-corrected chi connectivity index (χ4v) is 8.86. The van der Waals surface area contributed by atoms with Gasteiger partial charge in [-0.1, -0.05) is 159 Å². The number of hydrogen-bond acceptors (Lipinski definition) is 5. The van der Waals surface area contributed by atoms with Crippen LogP contribution in [0.5, 0.6) is 11.5 Å². The summed E-state index contributed by atoms with van der Waals surface area (Å²) >= 11 is 0. The number of benzene rings is 8. The first-order valence-electron chi connectivity index (χ1n) is 20.4. The molecule has 0 spiro atoms. The zero-order valence-corrected chi connectivity index (χ0v) is 33.3. The summed E-state index contributed by atoms with van der Waals surface area (Å²) in [7, 11) is 0.